The molecule has 2 atom stereocenters. The van der Waals surface area contributed by atoms with Crippen LogP contribution in [-0.4, -0.2) is 36.3 Å². The van der Waals surface area contributed by atoms with Crippen molar-refractivity contribution in [3.63, 3.8) is 0 Å². The zero-order valence-electron chi connectivity index (χ0n) is 13.4. The van der Waals surface area contributed by atoms with Gasteiger partial charge in [-0.15, -0.1) is 0 Å². The van der Waals surface area contributed by atoms with Gasteiger partial charge in [0.15, 0.2) is 0 Å². The lowest BCUT2D eigenvalue weighted by Gasteiger charge is -2.39. The summed E-state index contributed by atoms with van der Waals surface area (Å²) in [5.41, 5.74) is 1.10. The van der Waals surface area contributed by atoms with E-state index in [2.05, 4.69) is 49.0 Å². The summed E-state index contributed by atoms with van der Waals surface area (Å²) in [5, 5.41) is 4.13. The predicted octanol–water partition coefficient (Wildman–Crippen LogP) is 3.24. The van der Waals surface area contributed by atoms with E-state index in [1.54, 1.807) is 6.20 Å². The van der Waals surface area contributed by atoms with Crippen molar-refractivity contribution in [3.05, 3.63) is 22.8 Å². The van der Waals surface area contributed by atoms with Crippen molar-refractivity contribution in [1.29, 1.82) is 0 Å². The van der Waals surface area contributed by atoms with Crippen molar-refractivity contribution in [2.75, 3.05) is 18.1 Å². The first kappa shape index (κ1) is 16.5. The van der Waals surface area contributed by atoms with Gasteiger partial charge in [0.1, 0.15) is 5.82 Å². The van der Waals surface area contributed by atoms with E-state index >= 15 is 0 Å². The summed E-state index contributed by atoms with van der Waals surface area (Å²) in [7, 11) is 0. The first-order chi connectivity index (χ1) is 10.0. The largest absolute Gasteiger partial charge is 0.375 e. The van der Waals surface area contributed by atoms with Crippen LogP contribution < -0.4 is 10.2 Å². The zero-order valence-corrected chi connectivity index (χ0v) is 14.2. The topological polar surface area (TPSA) is 37.4 Å². The van der Waals surface area contributed by atoms with Crippen LogP contribution in [-0.2, 0) is 11.3 Å². The fourth-order valence-corrected chi connectivity index (χ4v) is 2.71. The van der Waals surface area contributed by atoms with Gasteiger partial charge in [-0.05, 0) is 25.0 Å². The van der Waals surface area contributed by atoms with Crippen LogP contribution in [0.15, 0.2) is 12.3 Å². The Hall–Kier alpha value is -0.840. The van der Waals surface area contributed by atoms with Crippen LogP contribution in [0.2, 0.25) is 5.02 Å². The van der Waals surface area contributed by atoms with Crippen LogP contribution in [0.4, 0.5) is 5.82 Å². The number of ether oxygens (including phenoxy) is 1. The highest BCUT2D eigenvalue weighted by Gasteiger charge is 2.26. The van der Waals surface area contributed by atoms with Gasteiger partial charge in [0.25, 0.3) is 0 Å². The first-order valence-corrected chi connectivity index (χ1v) is 8.15. The van der Waals surface area contributed by atoms with E-state index in [0.717, 1.165) is 42.5 Å². The summed E-state index contributed by atoms with van der Waals surface area (Å²) in [5.74, 6) is 1.00. The maximum Gasteiger partial charge on any atom is 0.129 e. The maximum absolute atomic E-state index is 6.27. The van der Waals surface area contributed by atoms with E-state index in [1.165, 1.54) is 0 Å². The SMILES string of the molecule is CCC1COC(C)CN1c1cc(CNC(C)C)c(Cl)cn1. The van der Waals surface area contributed by atoms with Crippen molar-refractivity contribution in [1.82, 2.24) is 10.3 Å². The van der Waals surface area contributed by atoms with Crippen LogP contribution in [0, 0.1) is 0 Å². The minimum Gasteiger partial charge on any atom is -0.375 e. The Balaban J connectivity index is 2.19. The monoisotopic (exact) mass is 311 g/mol. The Morgan fingerprint density at radius 2 is 2.29 bits per heavy atom. The lowest BCUT2D eigenvalue weighted by molar-refractivity contribution is 0.0296. The zero-order chi connectivity index (χ0) is 15.4. The van der Waals surface area contributed by atoms with Crippen molar-refractivity contribution in [2.24, 2.45) is 0 Å². The molecule has 1 aliphatic rings. The molecule has 1 saturated heterocycles. The molecule has 1 aliphatic heterocycles. The Bertz CT molecular complexity index is 467. The molecule has 0 saturated carbocycles. The summed E-state index contributed by atoms with van der Waals surface area (Å²) in [4.78, 5) is 6.88. The minimum absolute atomic E-state index is 0.238. The predicted molar refractivity (Wildman–Crippen MR) is 88.1 cm³/mol. The summed E-state index contributed by atoms with van der Waals surface area (Å²) < 4.78 is 5.76. The Morgan fingerprint density at radius 1 is 1.52 bits per heavy atom. The standard InChI is InChI=1S/C16H26ClN3O/c1-5-14-10-21-12(4)9-20(14)16-6-13(7-18-11(2)3)15(17)8-19-16/h6,8,11-12,14,18H,5,7,9-10H2,1-4H3. The highest BCUT2D eigenvalue weighted by atomic mass is 35.5. The minimum atomic E-state index is 0.238. The maximum atomic E-state index is 6.27. The van der Waals surface area contributed by atoms with Crippen LogP contribution in [0.5, 0.6) is 0 Å². The van der Waals surface area contributed by atoms with E-state index in [0.29, 0.717) is 12.1 Å². The van der Waals surface area contributed by atoms with Crippen LogP contribution in [0.1, 0.15) is 39.7 Å². The van der Waals surface area contributed by atoms with Gasteiger partial charge in [0, 0.05) is 25.3 Å². The number of morpholine rings is 1. The molecule has 0 bridgehead atoms. The Kier molecular flexibility index (Phi) is 5.85. The van der Waals surface area contributed by atoms with E-state index in [1.807, 2.05) is 0 Å². The molecule has 0 aliphatic carbocycles. The van der Waals surface area contributed by atoms with Gasteiger partial charge >= 0.3 is 0 Å². The number of nitrogens with zero attached hydrogens (tertiary/aromatic N) is 2. The molecule has 4 nitrogen and oxygen atoms in total. The van der Waals surface area contributed by atoms with Crippen molar-refractivity contribution in [3.8, 4) is 0 Å². The second-order valence-electron chi connectivity index (χ2n) is 6.03. The highest BCUT2D eigenvalue weighted by molar-refractivity contribution is 6.31. The molecule has 2 unspecified atom stereocenters. The van der Waals surface area contributed by atoms with E-state index in [9.17, 15) is 0 Å². The number of hydrogen-bond acceptors (Lipinski definition) is 4. The van der Waals surface area contributed by atoms with E-state index < -0.39 is 0 Å². The third kappa shape index (κ3) is 4.31. The lowest BCUT2D eigenvalue weighted by atomic mass is 10.1. The van der Waals surface area contributed by atoms with Crippen LogP contribution in [0.25, 0.3) is 0 Å². The third-order valence-electron chi connectivity index (χ3n) is 3.85. The summed E-state index contributed by atoms with van der Waals surface area (Å²) in [6.45, 7) is 11.0. The molecule has 1 fully saturated rings. The second kappa shape index (κ2) is 7.43. The molecule has 2 heterocycles. The van der Waals surface area contributed by atoms with Crippen LogP contribution in [0.3, 0.4) is 0 Å². The Morgan fingerprint density at radius 3 is 2.95 bits per heavy atom. The molecule has 1 N–H and O–H groups in total. The lowest BCUT2D eigenvalue weighted by Crippen LogP contribution is -2.49. The molecule has 118 valence electrons. The average molecular weight is 312 g/mol. The van der Waals surface area contributed by atoms with Crippen molar-refractivity contribution < 1.29 is 4.74 Å². The van der Waals surface area contributed by atoms with Crippen LogP contribution >= 0.6 is 11.6 Å². The second-order valence-corrected chi connectivity index (χ2v) is 6.44. The Labute approximate surface area is 132 Å². The molecule has 0 amide bonds. The molecule has 21 heavy (non-hydrogen) atoms. The molecule has 1 aromatic heterocycles. The number of pyridine rings is 1. The molecule has 5 heteroatoms. The van der Waals surface area contributed by atoms with E-state index in [4.69, 9.17) is 16.3 Å². The highest BCUT2D eigenvalue weighted by Crippen LogP contribution is 2.25. The molecule has 2 rings (SSSR count). The van der Waals surface area contributed by atoms with Crippen molar-refractivity contribution >= 4 is 17.4 Å². The molecule has 0 aromatic carbocycles. The first-order valence-electron chi connectivity index (χ1n) is 7.77. The molecular weight excluding hydrogens is 286 g/mol. The van der Waals surface area contributed by atoms with Gasteiger partial charge in [0.2, 0.25) is 0 Å². The number of nitrogens with one attached hydrogen (secondary N) is 1. The van der Waals surface area contributed by atoms with Gasteiger partial charge in [0.05, 0.1) is 23.8 Å². The summed E-state index contributed by atoms with van der Waals surface area (Å²) >= 11 is 6.27. The number of halogens is 1. The molecule has 0 radical (unpaired) electrons. The van der Waals surface area contributed by atoms with Gasteiger partial charge in [-0.1, -0.05) is 32.4 Å². The summed E-state index contributed by atoms with van der Waals surface area (Å²) in [6.07, 6.45) is 3.06. The molecule has 0 spiro atoms. The van der Waals surface area contributed by atoms with Gasteiger partial charge in [-0.25, -0.2) is 4.98 Å². The average Bonchev–Trinajstić information content (AvgIpc) is 2.46. The number of aromatic nitrogens is 1. The number of anilines is 1. The van der Waals surface area contributed by atoms with Gasteiger partial charge < -0.3 is 15.0 Å². The normalized spacial score (nSPS) is 22.9. The fraction of sp³-hybridized carbons (Fsp3) is 0.688. The van der Waals surface area contributed by atoms with Gasteiger partial charge in [-0.2, -0.15) is 0 Å². The quantitative estimate of drug-likeness (QED) is 0.906. The van der Waals surface area contributed by atoms with E-state index in [-0.39, 0.29) is 6.10 Å². The third-order valence-corrected chi connectivity index (χ3v) is 4.19. The summed E-state index contributed by atoms with van der Waals surface area (Å²) in [6, 6.07) is 2.93. The fourth-order valence-electron chi connectivity index (χ4n) is 2.54. The number of hydrogen-bond donors (Lipinski definition) is 1. The smallest absolute Gasteiger partial charge is 0.129 e. The number of rotatable bonds is 5. The van der Waals surface area contributed by atoms with Crippen molar-refractivity contribution in [2.45, 2.75) is 58.8 Å². The molecule has 1 aromatic rings. The van der Waals surface area contributed by atoms with Gasteiger partial charge in [-0.3, -0.25) is 0 Å². The molecular formula is C16H26ClN3O.